The number of ether oxygens (including phenoxy) is 1. The molecule has 0 saturated carbocycles. The highest BCUT2D eigenvalue weighted by atomic mass is 35.6. The summed E-state index contributed by atoms with van der Waals surface area (Å²) in [6, 6.07) is 3.45. The number of alkyl halides is 3. The number of imide groups is 1. The third kappa shape index (κ3) is 5.05. The third-order valence-electron chi connectivity index (χ3n) is 8.42. The Labute approximate surface area is 266 Å². The summed E-state index contributed by atoms with van der Waals surface area (Å²) in [6.07, 6.45) is -0.389. The van der Waals surface area contributed by atoms with Crippen molar-refractivity contribution in [3.05, 3.63) is 42.2 Å². The predicted octanol–water partition coefficient (Wildman–Crippen LogP) is -0.164. The first-order chi connectivity index (χ1) is 20.7. The average molecular weight is 672 g/mol. The fraction of sp³-hybridized carbons (Fsp3) is 0.500. The Balaban J connectivity index is 1.33. The number of anilines is 1. The summed E-state index contributed by atoms with van der Waals surface area (Å²) in [4.78, 5) is 59.8. The number of aliphatic imine (C=N–C) groups is 1. The maximum Gasteiger partial charge on any atom is 0.414 e. The Morgan fingerprint density at radius 3 is 2.57 bits per heavy atom. The Bertz CT molecular complexity index is 1450. The molecule has 3 saturated heterocycles. The van der Waals surface area contributed by atoms with E-state index in [1.807, 2.05) is 12.1 Å². The minimum atomic E-state index is -2.74. The van der Waals surface area contributed by atoms with Crippen LogP contribution in [0.1, 0.15) is 18.4 Å². The number of rotatable bonds is 4. The van der Waals surface area contributed by atoms with Gasteiger partial charge in [0.1, 0.15) is 12.6 Å². The molecule has 5 aliphatic rings. The first kappa shape index (κ1) is 30.5. The molecule has 0 unspecified atom stereocenters. The molecule has 5 heterocycles. The van der Waals surface area contributed by atoms with E-state index in [-0.39, 0.29) is 37.7 Å². The molecule has 0 bridgehead atoms. The molecule has 15 nitrogen and oxygen atoms in total. The summed E-state index contributed by atoms with van der Waals surface area (Å²) < 4.78 is 3.10. The quantitative estimate of drug-likeness (QED) is 0.143. The van der Waals surface area contributed by atoms with Gasteiger partial charge in [0.2, 0.25) is 27.4 Å². The van der Waals surface area contributed by atoms with Crippen molar-refractivity contribution in [2.75, 3.05) is 31.1 Å². The third-order valence-corrected chi connectivity index (χ3v) is 8.75. The van der Waals surface area contributed by atoms with Gasteiger partial charge >= 0.3 is 12.1 Å². The van der Waals surface area contributed by atoms with Crippen LogP contribution in [-0.4, -0.2) is 110 Å². The van der Waals surface area contributed by atoms with Crippen molar-refractivity contribution in [3.63, 3.8) is 0 Å². The highest BCUT2D eigenvalue weighted by Crippen LogP contribution is 2.45. The number of halogens is 3. The Morgan fingerprint density at radius 2 is 1.86 bits per heavy atom. The number of carbonyl (C=O) groups is 4. The number of nitrogens with one attached hydrogen (secondary N) is 4. The zero-order valence-electron chi connectivity index (χ0n) is 23.1. The van der Waals surface area contributed by atoms with Crippen LogP contribution in [0.2, 0.25) is 0 Å². The summed E-state index contributed by atoms with van der Waals surface area (Å²) in [7, 11) is 0. The van der Waals surface area contributed by atoms with E-state index in [0.717, 1.165) is 10.5 Å². The van der Waals surface area contributed by atoms with Gasteiger partial charge in [-0.2, -0.15) is 0 Å². The van der Waals surface area contributed by atoms with Crippen molar-refractivity contribution >= 4 is 70.4 Å². The number of hydrogen-bond donors (Lipinski definition) is 6. The number of carbonyl (C=O) groups excluding carboxylic acids is 4. The molecule has 1 aromatic rings. The summed E-state index contributed by atoms with van der Waals surface area (Å²) in [5, 5.41) is 35.0. The molecule has 3 fully saturated rings. The van der Waals surface area contributed by atoms with E-state index in [4.69, 9.17) is 39.5 Å². The van der Waals surface area contributed by atoms with Crippen molar-refractivity contribution < 1.29 is 34.1 Å². The van der Waals surface area contributed by atoms with Gasteiger partial charge in [-0.05, 0) is 18.1 Å². The van der Waals surface area contributed by atoms with Crippen molar-refractivity contribution in [1.29, 1.82) is 0 Å². The summed E-state index contributed by atoms with van der Waals surface area (Å²) >= 11 is 17.1. The minimum absolute atomic E-state index is 0.0295. The van der Waals surface area contributed by atoms with Crippen LogP contribution in [0.15, 0.2) is 41.7 Å². The number of alkyl carbamates (subject to hydrolysis) is 1. The zero-order valence-corrected chi connectivity index (χ0v) is 25.3. The molecular weight excluding hydrogens is 643 g/mol. The number of amides is 5. The lowest BCUT2D eigenvalue weighted by molar-refractivity contribution is -0.231. The van der Waals surface area contributed by atoms with Gasteiger partial charge in [0, 0.05) is 31.6 Å². The van der Waals surface area contributed by atoms with E-state index in [9.17, 15) is 29.4 Å². The second-order valence-electron chi connectivity index (χ2n) is 11.1. The molecule has 1 spiro atoms. The van der Waals surface area contributed by atoms with E-state index in [2.05, 4.69) is 32.8 Å². The van der Waals surface area contributed by atoms with E-state index in [1.54, 1.807) is 12.1 Å². The maximum absolute atomic E-state index is 13.5. The van der Waals surface area contributed by atoms with Crippen LogP contribution in [0.25, 0.3) is 0 Å². The van der Waals surface area contributed by atoms with Gasteiger partial charge in [0.05, 0.1) is 24.4 Å². The SMILES string of the molecule is C=C1N[C@H]2[C@H](CN3C(=O)CCC3=O)N=C(NC(=O)OCC(Cl)(Cl)Cl)N3C[C@H](NC(=O)N4CCc5ccccc54)C(O)(O)[C@]23N1. The molecule has 0 aliphatic carbocycles. The Kier molecular flexibility index (Phi) is 7.52. The molecular formula is C26H29Cl3N8O7. The van der Waals surface area contributed by atoms with E-state index in [1.165, 1.54) is 9.80 Å². The molecule has 6 N–H and O–H groups in total. The first-order valence-corrected chi connectivity index (χ1v) is 14.9. The molecule has 0 radical (unpaired) electrons. The summed E-state index contributed by atoms with van der Waals surface area (Å²) in [5.41, 5.74) is -0.225. The highest BCUT2D eigenvalue weighted by Gasteiger charge is 2.74. The molecule has 5 aliphatic heterocycles. The van der Waals surface area contributed by atoms with Gasteiger partial charge in [0.25, 0.3) is 0 Å². The van der Waals surface area contributed by atoms with E-state index < -0.39 is 63.9 Å². The molecule has 0 aromatic heterocycles. The van der Waals surface area contributed by atoms with Gasteiger partial charge < -0.3 is 35.8 Å². The van der Waals surface area contributed by atoms with Crippen LogP contribution in [0.3, 0.4) is 0 Å². The van der Waals surface area contributed by atoms with Crippen molar-refractivity contribution in [1.82, 2.24) is 31.1 Å². The van der Waals surface area contributed by atoms with Gasteiger partial charge in [-0.1, -0.05) is 59.6 Å². The van der Waals surface area contributed by atoms with Crippen molar-refractivity contribution in [3.8, 4) is 0 Å². The number of para-hydroxylation sites is 1. The van der Waals surface area contributed by atoms with Crippen molar-refractivity contribution in [2.24, 2.45) is 4.99 Å². The van der Waals surface area contributed by atoms with Crippen LogP contribution in [-0.2, 0) is 20.7 Å². The number of guanidine groups is 1. The highest BCUT2D eigenvalue weighted by molar-refractivity contribution is 6.67. The number of urea groups is 1. The fourth-order valence-corrected chi connectivity index (χ4v) is 6.66. The molecule has 1 aromatic carbocycles. The van der Waals surface area contributed by atoms with Crippen LogP contribution >= 0.6 is 34.8 Å². The van der Waals surface area contributed by atoms with Crippen LogP contribution in [0, 0.1) is 0 Å². The van der Waals surface area contributed by atoms with E-state index in [0.29, 0.717) is 18.7 Å². The predicted molar refractivity (Wildman–Crippen MR) is 158 cm³/mol. The average Bonchev–Trinajstić information content (AvgIpc) is 3.68. The first-order valence-electron chi connectivity index (χ1n) is 13.7. The molecule has 236 valence electrons. The molecule has 18 heteroatoms. The Morgan fingerprint density at radius 1 is 1.16 bits per heavy atom. The minimum Gasteiger partial charge on any atom is -0.445 e. The maximum atomic E-state index is 13.5. The number of aliphatic hydroxyl groups is 2. The number of likely N-dealkylation sites (tertiary alicyclic amines) is 1. The Hall–Kier alpha value is -3.50. The van der Waals surface area contributed by atoms with Gasteiger partial charge in [0.15, 0.2) is 5.66 Å². The second-order valence-corrected chi connectivity index (χ2v) is 13.6. The normalized spacial score (nSPS) is 28.6. The van der Waals surface area contributed by atoms with Crippen LogP contribution in [0.5, 0.6) is 0 Å². The van der Waals surface area contributed by atoms with Gasteiger partial charge in [-0.3, -0.25) is 24.7 Å². The molecule has 5 amide bonds. The standard InChI is InChI=1S/C26H29Cl3N8O7/c1-13-30-20-15(10-36-18(38)6-7-19(36)39)31-21(33-23(41)44-12-24(27,28)29)37-11-17(26(42,43)25(20,37)34-13)32-22(40)35-9-8-14-4-2-3-5-16(14)35/h2-5,15,17,20,30,34,42-43H,1,6-12H2,(H,32,40)(H,31,33,41)/t15-,17-,20-,25-/m0/s1. The number of hydrogen-bond acceptors (Lipinski definition) is 11. The van der Waals surface area contributed by atoms with Gasteiger partial charge in [-0.15, -0.1) is 0 Å². The molecule has 44 heavy (non-hydrogen) atoms. The summed E-state index contributed by atoms with van der Waals surface area (Å²) in [5.74, 6) is -3.60. The second kappa shape index (κ2) is 10.8. The lowest BCUT2D eigenvalue weighted by atomic mass is 9.85. The van der Waals surface area contributed by atoms with E-state index >= 15 is 0 Å². The fourth-order valence-electron chi connectivity index (χ4n) is 6.50. The zero-order chi connectivity index (χ0) is 31.6. The number of fused-ring (bicyclic) bond motifs is 1. The molecule has 4 atom stereocenters. The molecule has 6 rings (SSSR count). The van der Waals surface area contributed by atoms with Crippen molar-refractivity contribution in [2.45, 2.75) is 52.6 Å². The largest absolute Gasteiger partial charge is 0.445 e. The monoisotopic (exact) mass is 670 g/mol. The topological polar surface area (TPSA) is 188 Å². The van der Waals surface area contributed by atoms with Gasteiger partial charge in [-0.25, -0.2) is 14.6 Å². The van der Waals surface area contributed by atoms with Crippen LogP contribution < -0.4 is 26.2 Å². The summed E-state index contributed by atoms with van der Waals surface area (Å²) in [6.45, 7) is 3.17. The van der Waals surface area contributed by atoms with Crippen LogP contribution in [0.4, 0.5) is 15.3 Å². The smallest absolute Gasteiger partial charge is 0.414 e. The number of nitrogens with zero attached hydrogens (tertiary/aromatic N) is 4. The lowest BCUT2D eigenvalue weighted by Gasteiger charge is -2.49. The number of benzene rings is 1. The lowest BCUT2D eigenvalue weighted by Crippen LogP contribution is -2.78.